The Kier molecular flexibility index (Phi) is 4.40. The summed E-state index contributed by atoms with van der Waals surface area (Å²) in [6.45, 7) is 0.942. The number of carbonyl (C=O) groups excluding carboxylic acids is 1. The first-order chi connectivity index (χ1) is 10.6. The first-order valence-electron chi connectivity index (χ1n) is 7.35. The molecule has 5 nitrogen and oxygen atoms in total. The monoisotopic (exact) mass is 307 g/mol. The standard InChI is InChI=1S/C16H18FNO4/c17-12-3-4-14-11(5-12)6-15(22-14)16(20)18-7-13(19)9-21-8-10-1-2-10/h3-6,10,13,19H,1-2,7-9H2,(H,18,20). The molecule has 2 aromatic rings. The maximum atomic E-state index is 13.1. The number of furan rings is 1. The normalized spacial score (nSPS) is 15.9. The molecule has 1 saturated carbocycles. The zero-order valence-corrected chi connectivity index (χ0v) is 12.0. The van der Waals surface area contributed by atoms with Gasteiger partial charge in [0.25, 0.3) is 5.91 Å². The van der Waals surface area contributed by atoms with Crippen molar-refractivity contribution in [3.8, 4) is 0 Å². The molecule has 0 aliphatic heterocycles. The first-order valence-corrected chi connectivity index (χ1v) is 7.35. The van der Waals surface area contributed by atoms with Crippen molar-refractivity contribution < 1.29 is 23.4 Å². The molecule has 0 spiro atoms. The largest absolute Gasteiger partial charge is 0.451 e. The summed E-state index contributed by atoms with van der Waals surface area (Å²) >= 11 is 0. The van der Waals surface area contributed by atoms with E-state index in [0.717, 1.165) is 0 Å². The van der Waals surface area contributed by atoms with Gasteiger partial charge in [-0.15, -0.1) is 0 Å². The molecule has 1 aliphatic rings. The van der Waals surface area contributed by atoms with Gasteiger partial charge in [0.05, 0.1) is 12.7 Å². The number of aliphatic hydroxyl groups excluding tert-OH is 1. The van der Waals surface area contributed by atoms with Crippen molar-refractivity contribution in [2.24, 2.45) is 5.92 Å². The number of fused-ring (bicyclic) bond motifs is 1. The molecule has 118 valence electrons. The number of hydrogen-bond donors (Lipinski definition) is 2. The molecule has 1 aliphatic carbocycles. The van der Waals surface area contributed by atoms with Gasteiger partial charge in [-0.3, -0.25) is 4.79 Å². The highest BCUT2D eigenvalue weighted by Crippen LogP contribution is 2.28. The van der Waals surface area contributed by atoms with E-state index in [9.17, 15) is 14.3 Å². The third kappa shape index (κ3) is 3.84. The van der Waals surface area contributed by atoms with Gasteiger partial charge in [-0.25, -0.2) is 4.39 Å². The fraction of sp³-hybridized carbons (Fsp3) is 0.438. The van der Waals surface area contributed by atoms with Crippen molar-refractivity contribution in [1.29, 1.82) is 0 Å². The minimum absolute atomic E-state index is 0.0783. The third-order valence-electron chi connectivity index (χ3n) is 3.56. The third-order valence-corrected chi connectivity index (χ3v) is 3.56. The van der Waals surface area contributed by atoms with E-state index in [0.29, 0.717) is 23.5 Å². The molecule has 2 N–H and O–H groups in total. The second-order valence-electron chi connectivity index (χ2n) is 5.64. The van der Waals surface area contributed by atoms with Gasteiger partial charge in [-0.2, -0.15) is 0 Å². The van der Waals surface area contributed by atoms with Crippen LogP contribution in [0.15, 0.2) is 28.7 Å². The lowest BCUT2D eigenvalue weighted by molar-refractivity contribution is 0.0319. The van der Waals surface area contributed by atoms with Gasteiger partial charge in [-0.05, 0) is 43.0 Å². The number of amides is 1. The van der Waals surface area contributed by atoms with Gasteiger partial charge >= 0.3 is 0 Å². The second-order valence-corrected chi connectivity index (χ2v) is 5.64. The number of benzene rings is 1. The molecule has 1 unspecified atom stereocenters. The number of ether oxygens (including phenoxy) is 1. The summed E-state index contributed by atoms with van der Waals surface area (Å²) in [5.41, 5.74) is 0.444. The molecular formula is C16H18FNO4. The predicted molar refractivity (Wildman–Crippen MR) is 78.1 cm³/mol. The van der Waals surface area contributed by atoms with Crippen molar-refractivity contribution >= 4 is 16.9 Å². The van der Waals surface area contributed by atoms with Crippen LogP contribution in [0.4, 0.5) is 4.39 Å². The van der Waals surface area contributed by atoms with Crippen molar-refractivity contribution in [3.63, 3.8) is 0 Å². The minimum atomic E-state index is -0.760. The molecule has 1 fully saturated rings. The smallest absolute Gasteiger partial charge is 0.287 e. The van der Waals surface area contributed by atoms with Gasteiger partial charge in [0.15, 0.2) is 5.76 Å². The van der Waals surface area contributed by atoms with Crippen LogP contribution in [0, 0.1) is 11.7 Å². The Balaban J connectivity index is 1.49. The fourth-order valence-corrected chi connectivity index (χ4v) is 2.14. The predicted octanol–water partition coefficient (Wildman–Crippen LogP) is 2.09. The number of hydrogen-bond acceptors (Lipinski definition) is 4. The Labute approximate surface area is 127 Å². The van der Waals surface area contributed by atoms with Crippen LogP contribution in [0.25, 0.3) is 11.0 Å². The lowest BCUT2D eigenvalue weighted by Crippen LogP contribution is -2.34. The summed E-state index contributed by atoms with van der Waals surface area (Å²) in [7, 11) is 0. The van der Waals surface area contributed by atoms with Gasteiger partial charge in [0.1, 0.15) is 11.4 Å². The number of nitrogens with one attached hydrogen (secondary N) is 1. The SMILES string of the molecule is O=C(NCC(O)COCC1CC1)c1cc2cc(F)ccc2o1. The van der Waals surface area contributed by atoms with E-state index in [2.05, 4.69) is 5.32 Å². The van der Waals surface area contributed by atoms with Crippen LogP contribution >= 0.6 is 0 Å². The van der Waals surface area contributed by atoms with E-state index in [-0.39, 0.29) is 24.7 Å². The Bertz CT molecular complexity index is 665. The molecule has 0 saturated heterocycles. The summed E-state index contributed by atoms with van der Waals surface area (Å²) in [5, 5.41) is 12.8. The number of rotatable bonds is 7. The molecule has 22 heavy (non-hydrogen) atoms. The Morgan fingerprint density at radius 3 is 3.05 bits per heavy atom. The molecule has 1 aromatic heterocycles. The number of aliphatic hydroxyl groups is 1. The summed E-state index contributed by atoms with van der Waals surface area (Å²) in [6, 6.07) is 5.52. The van der Waals surface area contributed by atoms with Gasteiger partial charge in [0.2, 0.25) is 0 Å². The molecule has 1 atom stereocenters. The number of halogens is 1. The highest BCUT2D eigenvalue weighted by Gasteiger charge is 2.21. The summed E-state index contributed by atoms with van der Waals surface area (Å²) in [4.78, 5) is 11.9. The molecule has 1 amide bonds. The van der Waals surface area contributed by atoms with Crippen LogP contribution in [0.1, 0.15) is 23.4 Å². The Hall–Kier alpha value is -1.92. The van der Waals surface area contributed by atoms with Crippen LogP contribution < -0.4 is 5.32 Å². The highest BCUT2D eigenvalue weighted by atomic mass is 19.1. The van der Waals surface area contributed by atoms with Crippen molar-refractivity contribution in [2.75, 3.05) is 19.8 Å². The molecule has 0 bridgehead atoms. The van der Waals surface area contributed by atoms with Crippen LogP contribution in [0.5, 0.6) is 0 Å². The van der Waals surface area contributed by atoms with Crippen molar-refractivity contribution in [2.45, 2.75) is 18.9 Å². The van der Waals surface area contributed by atoms with Crippen molar-refractivity contribution in [3.05, 3.63) is 35.8 Å². The lowest BCUT2D eigenvalue weighted by Gasteiger charge is -2.11. The zero-order chi connectivity index (χ0) is 15.5. The van der Waals surface area contributed by atoms with Crippen LogP contribution in [-0.2, 0) is 4.74 Å². The molecular weight excluding hydrogens is 289 g/mol. The van der Waals surface area contributed by atoms with E-state index < -0.39 is 12.0 Å². The summed E-state index contributed by atoms with van der Waals surface area (Å²) in [5.74, 6) is -0.106. The molecule has 1 aromatic carbocycles. The zero-order valence-electron chi connectivity index (χ0n) is 12.0. The molecule has 0 radical (unpaired) electrons. The van der Waals surface area contributed by atoms with Gasteiger partial charge < -0.3 is 19.6 Å². The molecule has 3 rings (SSSR count). The van der Waals surface area contributed by atoms with E-state index in [1.807, 2.05) is 0 Å². The number of carbonyl (C=O) groups is 1. The lowest BCUT2D eigenvalue weighted by atomic mass is 10.2. The average molecular weight is 307 g/mol. The average Bonchev–Trinajstić information content (AvgIpc) is 3.21. The van der Waals surface area contributed by atoms with E-state index in [1.54, 1.807) is 0 Å². The van der Waals surface area contributed by atoms with Gasteiger partial charge in [0, 0.05) is 18.5 Å². The van der Waals surface area contributed by atoms with Gasteiger partial charge in [-0.1, -0.05) is 0 Å². The topological polar surface area (TPSA) is 71.7 Å². The van der Waals surface area contributed by atoms with Crippen LogP contribution in [0.2, 0.25) is 0 Å². The summed E-state index contributed by atoms with van der Waals surface area (Å²) < 4.78 is 23.8. The fourth-order valence-electron chi connectivity index (χ4n) is 2.14. The maximum Gasteiger partial charge on any atom is 0.287 e. The maximum absolute atomic E-state index is 13.1. The van der Waals surface area contributed by atoms with E-state index >= 15 is 0 Å². The van der Waals surface area contributed by atoms with Crippen LogP contribution in [0.3, 0.4) is 0 Å². The highest BCUT2D eigenvalue weighted by molar-refractivity contribution is 5.96. The molecule has 6 heteroatoms. The van der Waals surface area contributed by atoms with E-state index in [4.69, 9.17) is 9.15 Å². The first kappa shape index (κ1) is 15.0. The quantitative estimate of drug-likeness (QED) is 0.821. The Morgan fingerprint density at radius 1 is 1.45 bits per heavy atom. The van der Waals surface area contributed by atoms with E-state index in [1.165, 1.54) is 37.1 Å². The Morgan fingerprint density at radius 2 is 2.27 bits per heavy atom. The summed E-state index contributed by atoms with van der Waals surface area (Å²) in [6.07, 6.45) is 1.63. The second kappa shape index (κ2) is 6.46. The van der Waals surface area contributed by atoms with Crippen LogP contribution in [-0.4, -0.2) is 36.9 Å². The van der Waals surface area contributed by atoms with Crippen molar-refractivity contribution in [1.82, 2.24) is 5.32 Å². The minimum Gasteiger partial charge on any atom is -0.451 e. The molecule has 1 heterocycles.